The largest absolute Gasteiger partial charge is 0.223 e. The van der Waals surface area contributed by atoms with Crippen LogP contribution in [0.5, 0.6) is 0 Å². The third-order valence-corrected chi connectivity index (χ3v) is 8.71. The summed E-state index contributed by atoms with van der Waals surface area (Å²) in [5.74, 6) is 2.48. The monoisotopic (exact) mass is 300 g/mol. The highest BCUT2D eigenvalue weighted by Gasteiger charge is 2.57. The van der Waals surface area contributed by atoms with Crippen LogP contribution in [0.1, 0.15) is 32.1 Å². The van der Waals surface area contributed by atoms with Crippen molar-refractivity contribution in [1.29, 1.82) is 0 Å². The molecule has 4 bridgehead atoms. The van der Waals surface area contributed by atoms with Gasteiger partial charge in [0.15, 0.2) is 9.84 Å². The maximum absolute atomic E-state index is 13.0. The summed E-state index contributed by atoms with van der Waals surface area (Å²) in [5.41, 5.74) is 3.32. The van der Waals surface area contributed by atoms with E-state index < -0.39 is 9.84 Å². The van der Waals surface area contributed by atoms with Crippen LogP contribution in [-0.4, -0.2) is 13.7 Å². The van der Waals surface area contributed by atoms with Gasteiger partial charge < -0.3 is 0 Å². The van der Waals surface area contributed by atoms with Crippen molar-refractivity contribution in [2.24, 2.45) is 23.7 Å². The fraction of sp³-hybridized carbons (Fsp3) is 0.556. The lowest BCUT2D eigenvalue weighted by molar-refractivity contribution is 0.507. The third kappa shape index (κ3) is 1.51. The minimum atomic E-state index is -3.16. The van der Waals surface area contributed by atoms with Crippen LogP contribution in [0.4, 0.5) is 0 Å². The standard InChI is InChI=1S/C18H20O2S/c19-21(20,14-4-2-1-3-5-14)16-10-13-9-15(16)18-12-7-6-11(8-12)17(13)18/h1-5,11-13,15-16H,6-10H2/t11-,12-,13+,15+,16+/m0/s1. The number of sulfone groups is 1. The first-order valence-electron chi connectivity index (χ1n) is 8.19. The summed E-state index contributed by atoms with van der Waals surface area (Å²) in [5, 5.41) is -0.150. The van der Waals surface area contributed by atoms with Crippen LogP contribution in [0.25, 0.3) is 0 Å². The predicted molar refractivity (Wildman–Crippen MR) is 81.5 cm³/mol. The fourth-order valence-electron chi connectivity index (χ4n) is 5.81. The molecule has 5 rings (SSSR count). The zero-order chi connectivity index (χ0) is 14.2. The van der Waals surface area contributed by atoms with E-state index >= 15 is 0 Å². The Labute approximate surface area is 126 Å². The van der Waals surface area contributed by atoms with E-state index in [0.29, 0.717) is 16.7 Å². The molecule has 110 valence electrons. The van der Waals surface area contributed by atoms with Crippen LogP contribution in [0, 0.1) is 23.7 Å². The molecule has 0 heterocycles. The summed E-state index contributed by atoms with van der Waals surface area (Å²) in [4.78, 5) is 0.521. The number of hydrogen-bond acceptors (Lipinski definition) is 2. The molecule has 5 atom stereocenters. The van der Waals surface area contributed by atoms with Gasteiger partial charge in [0.1, 0.15) is 0 Å². The minimum absolute atomic E-state index is 0.150. The molecule has 0 aromatic heterocycles. The molecule has 2 fully saturated rings. The highest BCUT2D eigenvalue weighted by molar-refractivity contribution is 7.92. The van der Waals surface area contributed by atoms with Crippen molar-refractivity contribution in [1.82, 2.24) is 0 Å². The summed E-state index contributed by atoms with van der Waals surface area (Å²) in [7, 11) is -3.16. The Morgan fingerprint density at radius 1 is 0.810 bits per heavy atom. The molecule has 4 aliphatic rings. The lowest BCUT2D eigenvalue weighted by Crippen LogP contribution is -2.30. The Hall–Kier alpha value is -1.09. The van der Waals surface area contributed by atoms with Crippen molar-refractivity contribution in [3.8, 4) is 0 Å². The average molecular weight is 300 g/mol. The number of rotatable bonds is 2. The van der Waals surface area contributed by atoms with Gasteiger partial charge in [0.2, 0.25) is 0 Å². The first-order chi connectivity index (χ1) is 10.2. The van der Waals surface area contributed by atoms with Gasteiger partial charge in [0.05, 0.1) is 10.1 Å². The van der Waals surface area contributed by atoms with E-state index in [0.717, 1.165) is 24.7 Å². The molecule has 3 heteroatoms. The predicted octanol–water partition coefficient (Wildman–Crippen LogP) is 3.60. The molecular formula is C18H20O2S. The molecule has 0 aliphatic heterocycles. The van der Waals surface area contributed by atoms with E-state index in [1.165, 1.54) is 19.3 Å². The molecule has 0 saturated heterocycles. The highest BCUT2D eigenvalue weighted by Crippen LogP contribution is 2.64. The Bertz CT molecular complexity index is 732. The Balaban J connectivity index is 1.56. The maximum atomic E-state index is 13.0. The van der Waals surface area contributed by atoms with Gasteiger partial charge in [0.25, 0.3) is 0 Å². The van der Waals surface area contributed by atoms with Gasteiger partial charge in [-0.15, -0.1) is 0 Å². The van der Waals surface area contributed by atoms with E-state index in [-0.39, 0.29) is 5.25 Å². The Kier molecular flexibility index (Phi) is 2.38. The van der Waals surface area contributed by atoms with Gasteiger partial charge in [-0.1, -0.05) is 29.3 Å². The highest BCUT2D eigenvalue weighted by atomic mass is 32.2. The van der Waals surface area contributed by atoms with Gasteiger partial charge in [0, 0.05) is 0 Å². The van der Waals surface area contributed by atoms with E-state index in [2.05, 4.69) is 0 Å². The van der Waals surface area contributed by atoms with Crippen LogP contribution in [-0.2, 0) is 9.84 Å². The topological polar surface area (TPSA) is 34.1 Å². The van der Waals surface area contributed by atoms with Crippen LogP contribution in [0.15, 0.2) is 46.4 Å². The smallest absolute Gasteiger partial charge is 0.181 e. The number of allylic oxidation sites excluding steroid dienone is 2. The maximum Gasteiger partial charge on any atom is 0.181 e. The van der Waals surface area contributed by atoms with Crippen molar-refractivity contribution in [2.75, 3.05) is 0 Å². The molecule has 2 saturated carbocycles. The van der Waals surface area contributed by atoms with Gasteiger partial charge in [-0.25, -0.2) is 8.42 Å². The van der Waals surface area contributed by atoms with Crippen molar-refractivity contribution < 1.29 is 8.42 Å². The SMILES string of the molecule is O=S(=O)(c1ccccc1)[C@@H]1C[C@H]2C[C@H]1C1=C2[C@H]2CC[C@H]1C2. The molecule has 2 nitrogen and oxygen atoms in total. The minimum Gasteiger partial charge on any atom is -0.223 e. The summed E-state index contributed by atoms with van der Waals surface area (Å²) < 4.78 is 26.0. The Morgan fingerprint density at radius 2 is 1.52 bits per heavy atom. The zero-order valence-electron chi connectivity index (χ0n) is 12.0. The summed E-state index contributed by atoms with van der Waals surface area (Å²) >= 11 is 0. The summed E-state index contributed by atoms with van der Waals surface area (Å²) in [6.45, 7) is 0. The second-order valence-electron chi connectivity index (χ2n) is 7.29. The number of hydrogen-bond donors (Lipinski definition) is 0. The second-order valence-corrected chi connectivity index (χ2v) is 9.46. The van der Waals surface area contributed by atoms with Gasteiger partial charge in [-0.05, 0) is 67.9 Å². The van der Waals surface area contributed by atoms with E-state index in [1.54, 1.807) is 23.3 Å². The van der Waals surface area contributed by atoms with Crippen LogP contribution in [0.2, 0.25) is 0 Å². The molecule has 0 radical (unpaired) electrons. The van der Waals surface area contributed by atoms with Crippen LogP contribution < -0.4 is 0 Å². The Morgan fingerprint density at radius 3 is 2.29 bits per heavy atom. The number of fused-ring (bicyclic) bond motifs is 8. The van der Waals surface area contributed by atoms with Crippen molar-refractivity contribution in [3.05, 3.63) is 41.5 Å². The quantitative estimate of drug-likeness (QED) is 0.618. The van der Waals surface area contributed by atoms with E-state index in [9.17, 15) is 8.42 Å². The van der Waals surface area contributed by atoms with Crippen molar-refractivity contribution >= 4 is 9.84 Å². The lowest BCUT2D eigenvalue weighted by Gasteiger charge is -2.29. The zero-order valence-corrected chi connectivity index (χ0v) is 12.9. The van der Waals surface area contributed by atoms with Crippen LogP contribution in [0.3, 0.4) is 0 Å². The van der Waals surface area contributed by atoms with Gasteiger partial charge >= 0.3 is 0 Å². The second kappa shape index (κ2) is 4.01. The molecule has 1 aromatic carbocycles. The number of benzene rings is 1. The molecular weight excluding hydrogens is 280 g/mol. The van der Waals surface area contributed by atoms with Crippen LogP contribution >= 0.6 is 0 Å². The molecule has 21 heavy (non-hydrogen) atoms. The first kappa shape index (κ1) is 12.5. The molecule has 0 N–H and O–H groups in total. The lowest BCUT2D eigenvalue weighted by atomic mass is 9.82. The van der Waals surface area contributed by atoms with Gasteiger partial charge in [-0.3, -0.25) is 0 Å². The normalized spacial score (nSPS) is 40.1. The van der Waals surface area contributed by atoms with Crippen molar-refractivity contribution in [3.63, 3.8) is 0 Å². The van der Waals surface area contributed by atoms with E-state index in [1.807, 2.05) is 18.2 Å². The van der Waals surface area contributed by atoms with E-state index in [4.69, 9.17) is 0 Å². The fourth-order valence-corrected chi connectivity index (χ4v) is 7.87. The molecule has 0 unspecified atom stereocenters. The van der Waals surface area contributed by atoms with Gasteiger partial charge in [-0.2, -0.15) is 0 Å². The average Bonchev–Trinajstić information content (AvgIpc) is 3.26. The molecule has 4 aliphatic carbocycles. The molecule has 0 spiro atoms. The first-order valence-corrected chi connectivity index (χ1v) is 9.73. The molecule has 0 amide bonds. The summed E-state index contributed by atoms with van der Waals surface area (Å²) in [6.07, 6.45) is 6.00. The third-order valence-electron chi connectivity index (χ3n) is 6.46. The van der Waals surface area contributed by atoms with Crippen molar-refractivity contribution in [2.45, 2.75) is 42.2 Å². The molecule has 1 aromatic rings. The summed E-state index contributed by atoms with van der Waals surface area (Å²) in [6, 6.07) is 9.08.